The van der Waals surface area contributed by atoms with Crippen molar-refractivity contribution < 1.29 is 30.0 Å². The number of hydrogen-bond acceptors (Lipinski definition) is 6. The van der Waals surface area contributed by atoms with E-state index in [-0.39, 0.29) is 12.9 Å². The molecule has 0 amide bonds. The van der Waals surface area contributed by atoms with E-state index < -0.39 is 24.4 Å². The molecule has 180 valence electrons. The van der Waals surface area contributed by atoms with Crippen molar-refractivity contribution in [1.29, 1.82) is 0 Å². The lowest BCUT2D eigenvalue weighted by Crippen LogP contribution is -2.46. The van der Waals surface area contributed by atoms with Gasteiger partial charge in [-0.2, -0.15) is 0 Å². The molecule has 6 nitrogen and oxygen atoms in total. The second-order valence-corrected chi connectivity index (χ2v) is 8.55. The van der Waals surface area contributed by atoms with Crippen molar-refractivity contribution in [3.63, 3.8) is 0 Å². The van der Waals surface area contributed by atoms with Crippen LogP contribution < -0.4 is 0 Å². The van der Waals surface area contributed by atoms with Gasteiger partial charge in [-0.25, -0.2) is 0 Å². The molecule has 0 rings (SSSR count). The Morgan fingerprint density at radius 1 is 0.633 bits per heavy atom. The minimum Gasteiger partial charge on any atom is -0.388 e. The summed E-state index contributed by atoms with van der Waals surface area (Å²) in [6.45, 7) is 2.61. The first-order valence-electron chi connectivity index (χ1n) is 12.3. The number of aliphatic hydroxyl groups is 4. The summed E-state index contributed by atoms with van der Waals surface area (Å²) >= 11 is 0. The van der Waals surface area contributed by atoms with Gasteiger partial charge in [0.25, 0.3) is 0 Å². The molecule has 30 heavy (non-hydrogen) atoms. The predicted molar refractivity (Wildman–Crippen MR) is 120 cm³/mol. The maximum atomic E-state index is 10.4. The van der Waals surface area contributed by atoms with Crippen LogP contribution in [0.4, 0.5) is 0 Å². The minimum atomic E-state index is -1.71. The molecular weight excluding hydrogens is 384 g/mol. The van der Waals surface area contributed by atoms with Crippen molar-refractivity contribution in [1.82, 2.24) is 0 Å². The van der Waals surface area contributed by atoms with Crippen LogP contribution in [0.15, 0.2) is 0 Å². The van der Waals surface area contributed by atoms with Gasteiger partial charge >= 0.3 is 0 Å². The lowest BCUT2D eigenvalue weighted by Gasteiger charge is -2.23. The molecule has 0 radical (unpaired) electrons. The summed E-state index contributed by atoms with van der Waals surface area (Å²) in [5, 5.41) is 37.9. The van der Waals surface area contributed by atoms with Crippen LogP contribution in [0.3, 0.4) is 0 Å². The molecule has 4 N–H and O–H groups in total. The zero-order chi connectivity index (χ0) is 22.5. The molecule has 6 heteroatoms. The average molecular weight is 433 g/mol. The Morgan fingerprint density at radius 2 is 1.03 bits per heavy atom. The summed E-state index contributed by atoms with van der Waals surface area (Å²) in [4.78, 5) is 10.4. The lowest BCUT2D eigenvalue weighted by molar-refractivity contribution is -0.138. The highest BCUT2D eigenvalue weighted by atomic mass is 16.5. The quantitative estimate of drug-likeness (QED) is 0.144. The molecule has 4 atom stereocenters. The number of hydrogen-bond donors (Lipinski definition) is 4. The maximum absolute atomic E-state index is 10.4. The van der Waals surface area contributed by atoms with Gasteiger partial charge in [-0.1, -0.05) is 103 Å². The van der Waals surface area contributed by atoms with Crippen molar-refractivity contribution in [2.45, 2.75) is 134 Å². The van der Waals surface area contributed by atoms with Crippen LogP contribution in [-0.4, -0.2) is 64.3 Å². The molecule has 0 heterocycles. The number of carbonyl (C=O) groups excluding carboxylic acids is 1. The number of carbonyl (C=O) groups is 1. The van der Waals surface area contributed by atoms with E-state index in [1.54, 1.807) is 0 Å². The molecule has 0 saturated carbocycles. The molecule has 0 unspecified atom stereocenters. The van der Waals surface area contributed by atoms with Gasteiger partial charge in [-0.05, 0) is 6.42 Å². The third kappa shape index (κ3) is 17.2. The fourth-order valence-electron chi connectivity index (χ4n) is 3.57. The van der Waals surface area contributed by atoms with Crippen molar-refractivity contribution >= 4 is 6.29 Å². The Kier molecular flexibility index (Phi) is 21.3. The third-order valence-electron chi connectivity index (χ3n) is 5.66. The van der Waals surface area contributed by atoms with E-state index >= 15 is 0 Å². The van der Waals surface area contributed by atoms with E-state index in [9.17, 15) is 20.1 Å². The van der Waals surface area contributed by atoms with E-state index in [1.165, 1.54) is 89.9 Å². The first-order chi connectivity index (χ1) is 14.5. The molecule has 0 aliphatic rings. The van der Waals surface area contributed by atoms with Crippen LogP contribution in [-0.2, 0) is 9.53 Å². The van der Waals surface area contributed by atoms with Crippen molar-refractivity contribution in [3.8, 4) is 0 Å². The summed E-state index contributed by atoms with van der Waals surface area (Å²) in [7, 11) is 0. The molecular formula is C24H48O6. The molecule has 0 aromatic rings. The Labute approximate surface area is 184 Å². The zero-order valence-electron chi connectivity index (χ0n) is 19.2. The highest BCUT2D eigenvalue weighted by Crippen LogP contribution is 2.13. The lowest BCUT2D eigenvalue weighted by atomic mass is 10.0. The topological polar surface area (TPSA) is 107 Å². The highest BCUT2D eigenvalue weighted by Gasteiger charge is 2.30. The van der Waals surface area contributed by atoms with Gasteiger partial charge in [0.05, 0.1) is 6.61 Å². The van der Waals surface area contributed by atoms with Crippen LogP contribution in [0, 0.1) is 0 Å². The second-order valence-electron chi connectivity index (χ2n) is 8.55. The first-order valence-corrected chi connectivity index (χ1v) is 12.3. The molecule has 0 saturated heterocycles. The van der Waals surface area contributed by atoms with E-state index in [4.69, 9.17) is 9.84 Å². The average Bonchev–Trinajstić information content (AvgIpc) is 2.76. The number of aliphatic hydroxyl groups excluding tert-OH is 4. The molecule has 0 fully saturated rings. The Morgan fingerprint density at radius 3 is 1.43 bits per heavy atom. The van der Waals surface area contributed by atoms with E-state index in [0.29, 0.717) is 6.61 Å². The normalized spacial score (nSPS) is 15.6. The van der Waals surface area contributed by atoms with Crippen LogP contribution in [0.25, 0.3) is 0 Å². The minimum absolute atomic E-state index is 0.123. The Hall–Kier alpha value is -0.530. The number of unbranched alkanes of at least 4 members (excludes halogenated alkanes) is 15. The Bertz CT molecular complexity index is 366. The maximum Gasteiger partial charge on any atom is 0.151 e. The monoisotopic (exact) mass is 432 g/mol. The van der Waals surface area contributed by atoms with E-state index in [1.807, 2.05) is 0 Å². The van der Waals surface area contributed by atoms with Crippen molar-refractivity contribution in [2.24, 2.45) is 0 Å². The summed E-state index contributed by atoms with van der Waals surface area (Å²) in [6.07, 6.45) is 14.6. The number of ether oxygens (including phenoxy) is 1. The van der Waals surface area contributed by atoms with Crippen molar-refractivity contribution in [3.05, 3.63) is 0 Å². The van der Waals surface area contributed by atoms with Gasteiger partial charge in [0.15, 0.2) is 6.29 Å². The third-order valence-corrected chi connectivity index (χ3v) is 5.66. The van der Waals surface area contributed by atoms with Gasteiger partial charge in [-0.15, -0.1) is 0 Å². The first kappa shape index (κ1) is 29.5. The van der Waals surface area contributed by atoms with E-state index in [0.717, 1.165) is 12.8 Å². The zero-order valence-corrected chi connectivity index (χ0v) is 19.2. The molecule has 0 bridgehead atoms. The largest absolute Gasteiger partial charge is 0.388 e. The van der Waals surface area contributed by atoms with Gasteiger partial charge in [0.1, 0.15) is 24.4 Å². The summed E-state index contributed by atoms with van der Waals surface area (Å²) in [5.74, 6) is 0. The van der Waals surface area contributed by atoms with Gasteiger partial charge in [0, 0.05) is 6.61 Å². The molecule has 0 aromatic carbocycles. The summed E-state index contributed by atoms with van der Waals surface area (Å²) in [6, 6.07) is 0. The van der Waals surface area contributed by atoms with Gasteiger partial charge in [0.2, 0.25) is 0 Å². The van der Waals surface area contributed by atoms with Crippen molar-refractivity contribution in [2.75, 3.05) is 13.2 Å². The van der Waals surface area contributed by atoms with Gasteiger partial charge < -0.3 is 30.0 Å². The molecule has 0 aliphatic carbocycles. The summed E-state index contributed by atoms with van der Waals surface area (Å²) < 4.78 is 5.31. The fourth-order valence-corrected chi connectivity index (χ4v) is 3.57. The standard InChI is InChI=1S/C24H48O6/c1-2-3-4-5-6-7-8-9-10-11-12-13-14-15-16-17-18-30-20-22(27)24(29)23(28)21(26)19-25/h19,21-24,26-29H,2-18,20H2,1H3/t21-,22+,23+,24-/m0/s1. The smallest absolute Gasteiger partial charge is 0.151 e. The predicted octanol–water partition coefficient (Wildman–Crippen LogP) is 3.91. The molecule has 0 spiro atoms. The molecule has 0 aromatic heterocycles. The van der Waals surface area contributed by atoms with E-state index in [2.05, 4.69) is 6.92 Å². The summed E-state index contributed by atoms with van der Waals surface area (Å²) in [5.41, 5.74) is 0. The van der Waals surface area contributed by atoms with Crippen LogP contribution in [0.2, 0.25) is 0 Å². The Balaban J connectivity index is 3.30. The second kappa shape index (κ2) is 21.7. The van der Waals surface area contributed by atoms with Crippen LogP contribution in [0.1, 0.15) is 110 Å². The number of rotatable bonds is 23. The number of aldehydes is 1. The van der Waals surface area contributed by atoms with Crippen LogP contribution in [0.5, 0.6) is 0 Å². The van der Waals surface area contributed by atoms with Crippen LogP contribution >= 0.6 is 0 Å². The fraction of sp³-hybridized carbons (Fsp3) is 0.958. The molecule has 0 aliphatic heterocycles. The SMILES string of the molecule is CCCCCCCCCCCCCCCCCCOC[C@@H](O)[C@H](O)[C@H](O)[C@@H](O)C=O. The highest BCUT2D eigenvalue weighted by molar-refractivity contribution is 5.56. The van der Waals surface area contributed by atoms with Gasteiger partial charge in [-0.3, -0.25) is 0 Å².